The lowest BCUT2D eigenvalue weighted by Gasteiger charge is -2.12. The summed E-state index contributed by atoms with van der Waals surface area (Å²) in [6.45, 7) is 2.25. The molecule has 0 aromatic heterocycles. The zero-order chi connectivity index (χ0) is 11.3. The maximum Gasteiger partial charge on any atom is 0.151 e. The summed E-state index contributed by atoms with van der Waals surface area (Å²) in [5.74, 6) is 0.484. The van der Waals surface area contributed by atoms with Crippen LogP contribution in [0.15, 0.2) is 0 Å². The topological polar surface area (TPSA) is 55.4 Å². The molecule has 4 nitrogen and oxygen atoms in total. The summed E-state index contributed by atoms with van der Waals surface area (Å²) < 4.78 is 27.7. The Morgan fingerprint density at radius 2 is 2.13 bits per heavy atom. The summed E-state index contributed by atoms with van der Waals surface area (Å²) in [7, 11) is -1.09. The Kier molecular flexibility index (Phi) is 5.02. The first-order valence-corrected chi connectivity index (χ1v) is 7.36. The smallest absolute Gasteiger partial charge is 0.151 e. The number of ether oxygens (including phenoxy) is 1. The van der Waals surface area contributed by atoms with Crippen LogP contribution in [0.4, 0.5) is 0 Å². The second-order valence-electron chi connectivity index (χ2n) is 4.06. The molecule has 0 amide bonds. The lowest BCUT2D eigenvalue weighted by Crippen LogP contribution is -2.32. The fourth-order valence-corrected chi connectivity index (χ4v) is 2.62. The molecule has 0 heterocycles. The Labute approximate surface area is 92.3 Å². The van der Waals surface area contributed by atoms with Gasteiger partial charge in [0.05, 0.1) is 11.9 Å². The Morgan fingerprint density at radius 3 is 2.67 bits per heavy atom. The molecular weight excluding hydrogens is 214 g/mol. The van der Waals surface area contributed by atoms with E-state index in [1.54, 1.807) is 14.0 Å². The lowest BCUT2D eigenvalue weighted by molar-refractivity contribution is 0.107. The predicted octanol–water partition coefficient (Wildman–Crippen LogP) is 0.578. The summed E-state index contributed by atoms with van der Waals surface area (Å²) in [5, 5.41) is 3.28. The molecule has 15 heavy (non-hydrogen) atoms. The third-order valence-electron chi connectivity index (χ3n) is 3.00. The standard InChI is InChI=1S/C10H21NO3S/c1-3-15(12,13)7-6-11-9-4-5-10(8-9)14-2/h9-11H,3-8H2,1-2H3. The van der Waals surface area contributed by atoms with Crippen LogP contribution in [0.1, 0.15) is 26.2 Å². The van der Waals surface area contributed by atoms with Gasteiger partial charge < -0.3 is 10.1 Å². The molecule has 1 saturated carbocycles. The molecule has 90 valence electrons. The molecule has 2 atom stereocenters. The van der Waals surface area contributed by atoms with Gasteiger partial charge in [-0.3, -0.25) is 0 Å². The number of hydrogen-bond donors (Lipinski definition) is 1. The van der Waals surface area contributed by atoms with Gasteiger partial charge in [0.25, 0.3) is 0 Å². The highest BCUT2D eigenvalue weighted by Crippen LogP contribution is 2.21. The molecule has 2 unspecified atom stereocenters. The van der Waals surface area contributed by atoms with E-state index in [4.69, 9.17) is 4.74 Å². The van der Waals surface area contributed by atoms with Crippen LogP contribution < -0.4 is 5.32 Å². The second kappa shape index (κ2) is 5.82. The average Bonchev–Trinajstić information content (AvgIpc) is 2.66. The van der Waals surface area contributed by atoms with Crippen LogP contribution in [0.25, 0.3) is 0 Å². The molecular formula is C10H21NO3S. The van der Waals surface area contributed by atoms with Crippen LogP contribution in [-0.2, 0) is 14.6 Å². The van der Waals surface area contributed by atoms with Gasteiger partial charge in [0, 0.05) is 25.4 Å². The summed E-state index contributed by atoms with van der Waals surface area (Å²) in [6, 6.07) is 0.432. The molecule has 0 aromatic rings. The van der Waals surface area contributed by atoms with Crippen molar-refractivity contribution in [3.8, 4) is 0 Å². The molecule has 1 rings (SSSR count). The minimum Gasteiger partial charge on any atom is -0.381 e. The molecule has 0 saturated heterocycles. The van der Waals surface area contributed by atoms with Crippen molar-refractivity contribution < 1.29 is 13.2 Å². The summed E-state index contributed by atoms with van der Waals surface area (Å²) in [4.78, 5) is 0. The van der Waals surface area contributed by atoms with Gasteiger partial charge in [-0.1, -0.05) is 6.92 Å². The fraction of sp³-hybridized carbons (Fsp3) is 1.00. The largest absolute Gasteiger partial charge is 0.381 e. The van der Waals surface area contributed by atoms with E-state index in [9.17, 15) is 8.42 Å². The van der Waals surface area contributed by atoms with Crippen LogP contribution in [0, 0.1) is 0 Å². The van der Waals surface area contributed by atoms with Crippen LogP contribution in [0.2, 0.25) is 0 Å². The minimum atomic E-state index is -2.82. The van der Waals surface area contributed by atoms with Gasteiger partial charge in [-0.2, -0.15) is 0 Å². The van der Waals surface area contributed by atoms with E-state index in [0.717, 1.165) is 19.3 Å². The Balaban J connectivity index is 2.17. The van der Waals surface area contributed by atoms with Crippen molar-refractivity contribution in [1.29, 1.82) is 0 Å². The van der Waals surface area contributed by atoms with Crippen LogP contribution in [-0.4, -0.2) is 45.7 Å². The highest BCUT2D eigenvalue weighted by molar-refractivity contribution is 7.91. The number of rotatable bonds is 6. The van der Waals surface area contributed by atoms with E-state index in [1.807, 2.05) is 0 Å². The van der Waals surface area contributed by atoms with Crippen molar-refractivity contribution in [3.05, 3.63) is 0 Å². The first kappa shape index (κ1) is 12.9. The fourth-order valence-electron chi connectivity index (χ4n) is 1.90. The first-order chi connectivity index (χ1) is 7.07. The predicted molar refractivity (Wildman–Crippen MR) is 60.8 cm³/mol. The van der Waals surface area contributed by atoms with Gasteiger partial charge in [-0.15, -0.1) is 0 Å². The third kappa shape index (κ3) is 4.49. The summed E-state index contributed by atoms with van der Waals surface area (Å²) >= 11 is 0. The average molecular weight is 235 g/mol. The molecule has 5 heteroatoms. The maximum absolute atomic E-state index is 11.2. The van der Waals surface area contributed by atoms with E-state index >= 15 is 0 Å². The second-order valence-corrected chi connectivity index (χ2v) is 6.53. The van der Waals surface area contributed by atoms with Gasteiger partial charge in [-0.25, -0.2) is 8.42 Å². The minimum absolute atomic E-state index is 0.236. The van der Waals surface area contributed by atoms with Crippen molar-refractivity contribution in [2.75, 3.05) is 25.2 Å². The summed E-state index contributed by atoms with van der Waals surface area (Å²) in [6.07, 6.45) is 3.52. The van der Waals surface area contributed by atoms with Crippen LogP contribution in [0.3, 0.4) is 0 Å². The van der Waals surface area contributed by atoms with Crippen molar-refractivity contribution in [1.82, 2.24) is 5.32 Å². The van der Waals surface area contributed by atoms with Gasteiger partial charge >= 0.3 is 0 Å². The number of methoxy groups -OCH3 is 1. The highest BCUT2D eigenvalue weighted by Gasteiger charge is 2.23. The SMILES string of the molecule is CCS(=O)(=O)CCNC1CCC(OC)C1. The highest BCUT2D eigenvalue weighted by atomic mass is 32.2. The van der Waals surface area contributed by atoms with E-state index in [0.29, 0.717) is 18.7 Å². The first-order valence-electron chi connectivity index (χ1n) is 5.54. The maximum atomic E-state index is 11.2. The number of nitrogens with one attached hydrogen (secondary N) is 1. The molecule has 0 aliphatic heterocycles. The molecule has 0 bridgehead atoms. The molecule has 0 radical (unpaired) electrons. The molecule has 1 aliphatic carbocycles. The lowest BCUT2D eigenvalue weighted by atomic mass is 10.2. The van der Waals surface area contributed by atoms with Gasteiger partial charge in [0.1, 0.15) is 0 Å². The van der Waals surface area contributed by atoms with Gasteiger partial charge in [-0.05, 0) is 19.3 Å². The van der Waals surface area contributed by atoms with Gasteiger partial charge in [0.15, 0.2) is 9.84 Å². The van der Waals surface area contributed by atoms with Crippen LogP contribution >= 0.6 is 0 Å². The zero-order valence-electron chi connectivity index (χ0n) is 9.53. The van der Waals surface area contributed by atoms with E-state index in [2.05, 4.69) is 5.32 Å². The Hall–Kier alpha value is -0.130. The number of hydrogen-bond acceptors (Lipinski definition) is 4. The van der Waals surface area contributed by atoms with E-state index in [-0.39, 0.29) is 11.5 Å². The van der Waals surface area contributed by atoms with Crippen LogP contribution in [0.5, 0.6) is 0 Å². The van der Waals surface area contributed by atoms with Gasteiger partial charge in [0.2, 0.25) is 0 Å². The molecule has 0 aromatic carbocycles. The van der Waals surface area contributed by atoms with Crippen molar-refractivity contribution in [2.24, 2.45) is 0 Å². The van der Waals surface area contributed by atoms with E-state index < -0.39 is 9.84 Å². The molecule has 0 spiro atoms. The van der Waals surface area contributed by atoms with E-state index in [1.165, 1.54) is 0 Å². The number of sulfone groups is 1. The van der Waals surface area contributed by atoms with Crippen molar-refractivity contribution in [2.45, 2.75) is 38.3 Å². The molecule has 1 aliphatic rings. The monoisotopic (exact) mass is 235 g/mol. The molecule has 1 fully saturated rings. The van der Waals surface area contributed by atoms with Crippen molar-refractivity contribution in [3.63, 3.8) is 0 Å². The summed E-state index contributed by atoms with van der Waals surface area (Å²) in [5.41, 5.74) is 0. The molecule has 1 N–H and O–H groups in total. The third-order valence-corrected chi connectivity index (χ3v) is 4.71. The quantitative estimate of drug-likeness (QED) is 0.731. The normalized spacial score (nSPS) is 27.1. The Morgan fingerprint density at radius 1 is 1.40 bits per heavy atom. The van der Waals surface area contributed by atoms with Crippen molar-refractivity contribution >= 4 is 9.84 Å². The zero-order valence-corrected chi connectivity index (χ0v) is 10.3. The Bertz CT molecular complexity index is 276.